The first-order valence-corrected chi connectivity index (χ1v) is 9.87. The van der Waals surface area contributed by atoms with Gasteiger partial charge in [-0.05, 0) is 55.7 Å². The molecular weight excluding hydrogens is 352 g/mol. The minimum Gasteiger partial charge on any atom is -0.494 e. The van der Waals surface area contributed by atoms with Crippen molar-refractivity contribution in [3.05, 3.63) is 65.9 Å². The molecule has 28 heavy (non-hydrogen) atoms. The van der Waals surface area contributed by atoms with E-state index in [0.717, 1.165) is 29.5 Å². The van der Waals surface area contributed by atoms with Crippen molar-refractivity contribution in [2.45, 2.75) is 25.2 Å². The number of hydrogen-bond donors (Lipinski definition) is 2. The van der Waals surface area contributed by atoms with Gasteiger partial charge in [0.05, 0.1) is 6.61 Å². The summed E-state index contributed by atoms with van der Waals surface area (Å²) in [7, 11) is 0. The number of rotatable bonds is 6. The number of carbonyl (C=O) groups is 1. The Hall–Kier alpha value is -2.79. The maximum absolute atomic E-state index is 12.9. The second kappa shape index (κ2) is 8.07. The third-order valence-electron chi connectivity index (χ3n) is 5.65. The van der Waals surface area contributed by atoms with Crippen LogP contribution in [-0.4, -0.2) is 37.3 Å². The van der Waals surface area contributed by atoms with E-state index in [1.165, 1.54) is 5.56 Å². The molecule has 5 nitrogen and oxygen atoms in total. The van der Waals surface area contributed by atoms with Crippen LogP contribution in [0.15, 0.2) is 54.7 Å². The van der Waals surface area contributed by atoms with Gasteiger partial charge < -0.3 is 19.8 Å². The van der Waals surface area contributed by atoms with Crippen LogP contribution >= 0.6 is 0 Å². The van der Waals surface area contributed by atoms with E-state index in [9.17, 15) is 4.79 Å². The predicted octanol–water partition coefficient (Wildman–Crippen LogP) is 4.04. The van der Waals surface area contributed by atoms with Crippen molar-refractivity contribution in [2.24, 2.45) is 0 Å². The molecule has 146 valence electrons. The van der Waals surface area contributed by atoms with Gasteiger partial charge in [0.1, 0.15) is 5.75 Å². The molecule has 0 radical (unpaired) electrons. The molecule has 1 aliphatic heterocycles. The fourth-order valence-electron chi connectivity index (χ4n) is 4.03. The van der Waals surface area contributed by atoms with E-state index in [1.807, 2.05) is 49.5 Å². The van der Waals surface area contributed by atoms with Crippen LogP contribution in [0.4, 0.5) is 0 Å². The molecule has 0 unspecified atom stereocenters. The molecule has 1 aliphatic rings. The van der Waals surface area contributed by atoms with Crippen molar-refractivity contribution in [3.63, 3.8) is 0 Å². The molecule has 0 atom stereocenters. The smallest absolute Gasteiger partial charge is 0.251 e. The Balaban J connectivity index is 1.55. The van der Waals surface area contributed by atoms with Gasteiger partial charge in [-0.25, -0.2) is 0 Å². The van der Waals surface area contributed by atoms with Crippen molar-refractivity contribution in [2.75, 3.05) is 26.4 Å². The van der Waals surface area contributed by atoms with E-state index in [2.05, 4.69) is 22.4 Å². The van der Waals surface area contributed by atoms with Crippen LogP contribution in [0.3, 0.4) is 0 Å². The average molecular weight is 378 g/mol. The van der Waals surface area contributed by atoms with Gasteiger partial charge in [-0.2, -0.15) is 0 Å². The number of ether oxygens (including phenoxy) is 2. The van der Waals surface area contributed by atoms with Gasteiger partial charge in [0, 0.05) is 47.8 Å². The summed E-state index contributed by atoms with van der Waals surface area (Å²) in [6.45, 7) is 4.63. The summed E-state index contributed by atoms with van der Waals surface area (Å²) < 4.78 is 11.2. The van der Waals surface area contributed by atoms with Gasteiger partial charge in [-0.3, -0.25) is 4.79 Å². The Bertz CT molecular complexity index is 940. The standard InChI is InChI=1S/C23H26N2O3/c1-2-28-18-8-6-17(7-9-18)23(11-14-27-15-12-23)16-25-22(26)20-4-3-5-21-19(20)10-13-24-21/h3-10,13,24H,2,11-12,14-16H2,1H3,(H,25,26). The summed E-state index contributed by atoms with van der Waals surface area (Å²) in [5.41, 5.74) is 2.78. The first kappa shape index (κ1) is 18.6. The third-order valence-corrected chi connectivity index (χ3v) is 5.65. The van der Waals surface area contributed by atoms with E-state index in [4.69, 9.17) is 9.47 Å². The van der Waals surface area contributed by atoms with Crippen LogP contribution < -0.4 is 10.1 Å². The van der Waals surface area contributed by atoms with Gasteiger partial charge in [0.15, 0.2) is 0 Å². The lowest BCUT2D eigenvalue weighted by molar-refractivity contribution is 0.0487. The fraction of sp³-hybridized carbons (Fsp3) is 0.348. The van der Waals surface area contributed by atoms with E-state index in [0.29, 0.717) is 31.9 Å². The van der Waals surface area contributed by atoms with Crippen molar-refractivity contribution in [1.82, 2.24) is 10.3 Å². The number of nitrogens with one attached hydrogen (secondary N) is 2. The molecule has 2 N–H and O–H groups in total. The molecule has 2 aromatic carbocycles. The molecule has 0 bridgehead atoms. The van der Waals surface area contributed by atoms with Crippen molar-refractivity contribution >= 4 is 16.8 Å². The zero-order chi connectivity index (χ0) is 19.4. The van der Waals surface area contributed by atoms with Gasteiger partial charge >= 0.3 is 0 Å². The lowest BCUT2D eigenvalue weighted by atomic mass is 9.74. The third kappa shape index (κ3) is 3.62. The van der Waals surface area contributed by atoms with E-state index < -0.39 is 0 Å². The maximum atomic E-state index is 12.9. The van der Waals surface area contributed by atoms with Crippen molar-refractivity contribution in [1.29, 1.82) is 0 Å². The molecule has 4 rings (SSSR count). The zero-order valence-corrected chi connectivity index (χ0v) is 16.2. The van der Waals surface area contributed by atoms with Crippen molar-refractivity contribution in [3.8, 4) is 5.75 Å². The molecule has 1 aromatic heterocycles. The first-order chi connectivity index (χ1) is 13.7. The number of benzene rings is 2. The Morgan fingerprint density at radius 2 is 1.93 bits per heavy atom. The summed E-state index contributed by atoms with van der Waals surface area (Å²) in [5.74, 6) is 0.832. The predicted molar refractivity (Wildman–Crippen MR) is 110 cm³/mol. The number of fused-ring (bicyclic) bond motifs is 1. The summed E-state index contributed by atoms with van der Waals surface area (Å²) >= 11 is 0. The Labute approximate surface area is 165 Å². The van der Waals surface area contributed by atoms with Gasteiger partial charge in [0.25, 0.3) is 5.91 Å². The highest BCUT2D eigenvalue weighted by atomic mass is 16.5. The lowest BCUT2D eigenvalue weighted by Crippen LogP contribution is -2.44. The first-order valence-electron chi connectivity index (χ1n) is 9.87. The zero-order valence-electron chi connectivity index (χ0n) is 16.2. The number of H-pyrrole nitrogens is 1. The van der Waals surface area contributed by atoms with E-state index in [-0.39, 0.29) is 11.3 Å². The summed E-state index contributed by atoms with van der Waals surface area (Å²) in [6, 6.07) is 16.0. The number of amides is 1. The van der Waals surface area contributed by atoms with Crippen LogP contribution in [0.1, 0.15) is 35.7 Å². The highest BCUT2D eigenvalue weighted by Crippen LogP contribution is 2.35. The van der Waals surface area contributed by atoms with Crippen LogP contribution in [-0.2, 0) is 10.2 Å². The molecule has 0 spiro atoms. The second-order valence-corrected chi connectivity index (χ2v) is 7.28. The highest BCUT2D eigenvalue weighted by Gasteiger charge is 2.35. The minimum absolute atomic E-state index is 0.0398. The number of carbonyl (C=O) groups excluding carboxylic acids is 1. The summed E-state index contributed by atoms with van der Waals surface area (Å²) in [4.78, 5) is 16.1. The van der Waals surface area contributed by atoms with Crippen LogP contribution in [0.2, 0.25) is 0 Å². The fourth-order valence-corrected chi connectivity index (χ4v) is 4.03. The quantitative estimate of drug-likeness (QED) is 0.680. The highest BCUT2D eigenvalue weighted by molar-refractivity contribution is 6.06. The maximum Gasteiger partial charge on any atom is 0.251 e. The molecule has 1 saturated heterocycles. The summed E-state index contributed by atoms with van der Waals surface area (Å²) in [6.07, 6.45) is 3.63. The van der Waals surface area contributed by atoms with Crippen LogP contribution in [0.5, 0.6) is 5.75 Å². The van der Waals surface area contributed by atoms with Crippen molar-refractivity contribution < 1.29 is 14.3 Å². The Morgan fingerprint density at radius 3 is 2.68 bits per heavy atom. The number of aromatic nitrogens is 1. The minimum atomic E-state index is -0.120. The molecule has 5 heteroatoms. The second-order valence-electron chi connectivity index (χ2n) is 7.28. The van der Waals surface area contributed by atoms with Crippen LogP contribution in [0, 0.1) is 0 Å². The molecule has 0 aliphatic carbocycles. The molecule has 0 saturated carbocycles. The molecule has 1 amide bonds. The molecular formula is C23H26N2O3. The number of aromatic amines is 1. The molecule has 3 aromatic rings. The van der Waals surface area contributed by atoms with Crippen LogP contribution in [0.25, 0.3) is 10.9 Å². The summed E-state index contributed by atoms with van der Waals surface area (Å²) in [5, 5.41) is 4.14. The van der Waals surface area contributed by atoms with Gasteiger partial charge in [-0.1, -0.05) is 18.2 Å². The lowest BCUT2D eigenvalue weighted by Gasteiger charge is -2.38. The largest absolute Gasteiger partial charge is 0.494 e. The normalized spacial score (nSPS) is 16.0. The molecule has 1 fully saturated rings. The Morgan fingerprint density at radius 1 is 1.14 bits per heavy atom. The van der Waals surface area contributed by atoms with Gasteiger partial charge in [0.2, 0.25) is 0 Å². The van der Waals surface area contributed by atoms with E-state index >= 15 is 0 Å². The number of hydrogen-bond acceptors (Lipinski definition) is 3. The average Bonchev–Trinajstić information content (AvgIpc) is 3.22. The van der Waals surface area contributed by atoms with Gasteiger partial charge in [-0.15, -0.1) is 0 Å². The SMILES string of the molecule is CCOc1ccc(C2(CNC(=O)c3cccc4[nH]ccc34)CCOCC2)cc1. The Kier molecular flexibility index (Phi) is 5.35. The monoisotopic (exact) mass is 378 g/mol. The topological polar surface area (TPSA) is 63.3 Å². The molecule has 2 heterocycles. The van der Waals surface area contributed by atoms with E-state index in [1.54, 1.807) is 0 Å².